The Hall–Kier alpha value is -1.80. The molecule has 1 aliphatic heterocycles. The van der Waals surface area contributed by atoms with Gasteiger partial charge in [-0.25, -0.2) is 15.0 Å². The van der Waals surface area contributed by atoms with Gasteiger partial charge < -0.3 is 15.0 Å². The first kappa shape index (κ1) is 17.6. The number of alkyl halides is 1. The van der Waals surface area contributed by atoms with Crippen LogP contribution in [0.3, 0.4) is 0 Å². The molecule has 0 spiro atoms. The smallest absolute Gasteiger partial charge is 0.175 e. The normalized spacial score (nSPS) is 13.2. The highest BCUT2D eigenvalue weighted by Gasteiger charge is 2.20. The van der Waals surface area contributed by atoms with Gasteiger partial charge in [-0.15, -0.1) is 0 Å². The second kappa shape index (κ2) is 7.44. The highest BCUT2D eigenvalue weighted by Crippen LogP contribution is 2.38. The zero-order valence-corrected chi connectivity index (χ0v) is 16.9. The van der Waals surface area contributed by atoms with Gasteiger partial charge in [0, 0.05) is 23.2 Å². The molecule has 2 N–H and O–H groups in total. The molecule has 26 heavy (non-hydrogen) atoms. The summed E-state index contributed by atoms with van der Waals surface area (Å²) in [5, 5.41) is 1.83. The molecule has 0 aliphatic carbocycles. The number of nitrogens with two attached hydrogens (primary N) is 1. The van der Waals surface area contributed by atoms with E-state index in [4.69, 9.17) is 15.5 Å². The molecule has 136 valence electrons. The third-order valence-electron chi connectivity index (χ3n) is 4.50. The number of hydrogen-bond donors (Lipinski definition) is 1. The maximum atomic E-state index is 6.03. The summed E-state index contributed by atoms with van der Waals surface area (Å²) in [5.41, 5.74) is 10.0. The topological polar surface area (TPSA) is 78.9 Å². The molecule has 1 aromatic carbocycles. The summed E-state index contributed by atoms with van der Waals surface area (Å²) in [6.45, 7) is 3.76. The van der Waals surface area contributed by atoms with Gasteiger partial charge in [-0.05, 0) is 36.1 Å². The van der Waals surface area contributed by atoms with E-state index in [9.17, 15) is 0 Å². The summed E-state index contributed by atoms with van der Waals surface area (Å²) in [4.78, 5) is 14.5. The van der Waals surface area contributed by atoms with Gasteiger partial charge >= 0.3 is 0 Å². The number of ether oxygens (including phenoxy) is 1. The van der Waals surface area contributed by atoms with E-state index in [2.05, 4.69) is 49.5 Å². The lowest BCUT2D eigenvalue weighted by Gasteiger charge is -2.11. The average molecular weight is 434 g/mol. The molecule has 8 heteroatoms. The lowest BCUT2D eigenvalue weighted by atomic mass is 10.1. The van der Waals surface area contributed by atoms with E-state index >= 15 is 0 Å². The molecule has 2 aromatic heterocycles. The Morgan fingerprint density at radius 1 is 1.35 bits per heavy atom. The van der Waals surface area contributed by atoms with Crippen molar-refractivity contribution < 1.29 is 4.74 Å². The van der Waals surface area contributed by atoms with Crippen LogP contribution in [0, 0.1) is 0 Å². The number of halogens is 1. The van der Waals surface area contributed by atoms with Crippen LogP contribution in [0.5, 0.6) is 5.75 Å². The summed E-state index contributed by atoms with van der Waals surface area (Å²) in [7, 11) is 0. The number of benzene rings is 1. The van der Waals surface area contributed by atoms with Crippen LogP contribution in [0.1, 0.15) is 24.5 Å². The first-order valence-electron chi connectivity index (χ1n) is 8.70. The Labute approximate surface area is 164 Å². The van der Waals surface area contributed by atoms with Crippen molar-refractivity contribution in [2.24, 2.45) is 0 Å². The Bertz CT molecular complexity index is 958. The van der Waals surface area contributed by atoms with Crippen LogP contribution in [0.25, 0.3) is 11.2 Å². The fraction of sp³-hybridized carbons (Fsp3) is 0.389. The van der Waals surface area contributed by atoms with Crippen molar-refractivity contribution in [3.63, 3.8) is 0 Å². The van der Waals surface area contributed by atoms with E-state index in [0.717, 1.165) is 54.3 Å². The number of nitrogen functional groups attached to an aromatic ring is 1. The minimum absolute atomic E-state index is 0.424. The van der Waals surface area contributed by atoms with Gasteiger partial charge in [-0.1, -0.05) is 34.6 Å². The molecule has 0 bridgehead atoms. The van der Waals surface area contributed by atoms with Gasteiger partial charge in [0.2, 0.25) is 0 Å². The molecule has 6 nitrogen and oxygen atoms in total. The summed E-state index contributed by atoms with van der Waals surface area (Å²) in [5.74, 6) is 1.45. The van der Waals surface area contributed by atoms with Crippen LogP contribution >= 0.6 is 27.7 Å². The Kier molecular flexibility index (Phi) is 5.04. The molecule has 0 saturated heterocycles. The van der Waals surface area contributed by atoms with Crippen molar-refractivity contribution in [1.82, 2.24) is 19.5 Å². The Morgan fingerprint density at radius 2 is 2.23 bits per heavy atom. The predicted octanol–water partition coefficient (Wildman–Crippen LogP) is 3.84. The third kappa shape index (κ3) is 3.16. The van der Waals surface area contributed by atoms with Crippen LogP contribution in [-0.2, 0) is 19.4 Å². The average Bonchev–Trinajstić information content (AvgIpc) is 3.24. The summed E-state index contributed by atoms with van der Waals surface area (Å²) < 4.78 is 7.86. The van der Waals surface area contributed by atoms with E-state index in [-0.39, 0.29) is 0 Å². The van der Waals surface area contributed by atoms with Gasteiger partial charge in [-0.3, -0.25) is 0 Å². The van der Waals surface area contributed by atoms with E-state index in [1.165, 1.54) is 22.3 Å². The van der Waals surface area contributed by atoms with Crippen LogP contribution in [0.15, 0.2) is 28.5 Å². The minimum atomic E-state index is 0.424. The quantitative estimate of drug-likeness (QED) is 0.594. The molecule has 0 unspecified atom stereocenters. The third-order valence-corrected chi connectivity index (χ3v) is 6.15. The number of aryl methyl sites for hydroxylation is 2. The zero-order valence-electron chi connectivity index (χ0n) is 14.5. The lowest BCUT2D eigenvalue weighted by molar-refractivity contribution is 0.356. The maximum absolute atomic E-state index is 6.03. The van der Waals surface area contributed by atoms with Crippen molar-refractivity contribution in [2.75, 3.05) is 17.7 Å². The molecule has 0 fully saturated rings. The predicted molar refractivity (Wildman–Crippen MR) is 107 cm³/mol. The SMILES string of the molecule is CCc1cc2c(cc1Sc1nc3c(N)ncnc3n1CCCBr)CCO2. The second-order valence-electron chi connectivity index (χ2n) is 6.14. The van der Waals surface area contributed by atoms with E-state index in [1.54, 1.807) is 11.8 Å². The molecule has 0 radical (unpaired) electrons. The monoisotopic (exact) mass is 433 g/mol. The zero-order chi connectivity index (χ0) is 18.1. The van der Waals surface area contributed by atoms with Crippen molar-refractivity contribution >= 4 is 44.7 Å². The maximum Gasteiger partial charge on any atom is 0.175 e. The van der Waals surface area contributed by atoms with Crippen molar-refractivity contribution in [1.29, 1.82) is 0 Å². The summed E-state index contributed by atoms with van der Waals surface area (Å²) in [6.07, 6.45) is 4.40. The minimum Gasteiger partial charge on any atom is -0.493 e. The van der Waals surface area contributed by atoms with E-state index in [0.29, 0.717) is 11.3 Å². The Morgan fingerprint density at radius 3 is 3.04 bits per heavy atom. The van der Waals surface area contributed by atoms with Crippen LogP contribution < -0.4 is 10.5 Å². The van der Waals surface area contributed by atoms with Crippen LogP contribution in [-0.4, -0.2) is 31.5 Å². The van der Waals surface area contributed by atoms with Crippen LogP contribution in [0.2, 0.25) is 0 Å². The molecular formula is C18H20BrN5OS. The number of nitrogens with zero attached hydrogens (tertiary/aromatic N) is 4. The number of imidazole rings is 1. The molecule has 1 aliphatic rings. The van der Waals surface area contributed by atoms with Gasteiger partial charge in [0.15, 0.2) is 22.1 Å². The van der Waals surface area contributed by atoms with Gasteiger partial charge in [-0.2, -0.15) is 0 Å². The molecule has 4 rings (SSSR count). The van der Waals surface area contributed by atoms with E-state index < -0.39 is 0 Å². The molecule has 0 saturated carbocycles. The Balaban J connectivity index is 1.78. The molecule has 0 atom stereocenters. The first-order valence-corrected chi connectivity index (χ1v) is 10.6. The van der Waals surface area contributed by atoms with Gasteiger partial charge in [0.05, 0.1) is 6.61 Å². The van der Waals surface area contributed by atoms with Gasteiger partial charge in [0.25, 0.3) is 0 Å². The standard InChI is InChI=1S/C18H20BrN5OS/c1-2-11-8-13-12(4-7-25-13)9-14(11)26-18-23-15-16(20)21-10-22-17(15)24(18)6-3-5-19/h8-10H,2-7H2,1H3,(H2,20,21,22). The number of rotatable bonds is 6. The molecular weight excluding hydrogens is 414 g/mol. The number of aromatic nitrogens is 4. The summed E-state index contributed by atoms with van der Waals surface area (Å²) >= 11 is 5.18. The van der Waals surface area contributed by atoms with Crippen molar-refractivity contribution in [3.05, 3.63) is 29.6 Å². The fourth-order valence-electron chi connectivity index (χ4n) is 3.15. The fourth-order valence-corrected chi connectivity index (χ4v) is 4.55. The highest BCUT2D eigenvalue weighted by atomic mass is 79.9. The largest absolute Gasteiger partial charge is 0.493 e. The number of anilines is 1. The first-order chi connectivity index (χ1) is 12.7. The molecule has 0 amide bonds. The second-order valence-corrected chi connectivity index (χ2v) is 7.94. The van der Waals surface area contributed by atoms with Crippen molar-refractivity contribution in [3.8, 4) is 5.75 Å². The lowest BCUT2D eigenvalue weighted by Crippen LogP contribution is -2.02. The number of hydrogen-bond acceptors (Lipinski definition) is 6. The van der Waals surface area contributed by atoms with Gasteiger partial charge in [0.1, 0.15) is 12.1 Å². The number of fused-ring (bicyclic) bond motifs is 2. The van der Waals surface area contributed by atoms with Crippen LogP contribution in [0.4, 0.5) is 5.82 Å². The summed E-state index contributed by atoms with van der Waals surface area (Å²) in [6, 6.07) is 4.42. The molecule has 3 aromatic rings. The molecule has 3 heterocycles. The van der Waals surface area contributed by atoms with Crippen molar-refractivity contribution in [2.45, 2.75) is 42.8 Å². The highest BCUT2D eigenvalue weighted by molar-refractivity contribution is 9.09. The van der Waals surface area contributed by atoms with E-state index in [1.807, 2.05) is 0 Å².